The molecule has 0 aromatic carbocycles. The number of nitro groups is 1. The van der Waals surface area contributed by atoms with Gasteiger partial charge in [0.05, 0.1) is 11.5 Å². The third kappa shape index (κ3) is 5.80. The summed E-state index contributed by atoms with van der Waals surface area (Å²) in [6.45, 7) is 3.68. The lowest BCUT2D eigenvalue weighted by molar-refractivity contribution is -0.386. The molecule has 0 spiro atoms. The van der Waals surface area contributed by atoms with E-state index in [-0.39, 0.29) is 24.1 Å². The third-order valence-electron chi connectivity index (χ3n) is 2.37. The highest BCUT2D eigenvalue weighted by atomic mass is 79.9. The van der Waals surface area contributed by atoms with Gasteiger partial charge in [0.1, 0.15) is 11.6 Å². The monoisotopic (exact) mass is 360 g/mol. The van der Waals surface area contributed by atoms with Crippen LogP contribution in [-0.4, -0.2) is 28.6 Å². The molecule has 9 heteroatoms. The molecular weight excluding hydrogens is 348 g/mol. The summed E-state index contributed by atoms with van der Waals surface area (Å²) in [5.41, 5.74) is -0.0339. The van der Waals surface area contributed by atoms with Gasteiger partial charge in [-0.3, -0.25) is 19.9 Å². The zero-order chi connectivity index (χ0) is 16.4. The van der Waals surface area contributed by atoms with Gasteiger partial charge in [0.25, 0.3) is 5.69 Å². The number of hydrogen-bond donors (Lipinski definition) is 0. The molecule has 0 aliphatic carbocycles. The average Bonchev–Trinajstić information content (AvgIpc) is 2.42. The Morgan fingerprint density at radius 1 is 1.52 bits per heavy atom. The number of pyridine rings is 1. The highest BCUT2D eigenvalue weighted by Crippen LogP contribution is 2.30. The van der Waals surface area contributed by atoms with Crippen LogP contribution in [0.3, 0.4) is 0 Å². The minimum Gasteiger partial charge on any atom is -0.465 e. The number of halogens is 1. The number of esters is 1. The molecule has 1 aromatic rings. The van der Waals surface area contributed by atoms with Gasteiger partial charge in [0.2, 0.25) is 0 Å². The van der Waals surface area contributed by atoms with Crippen molar-refractivity contribution in [2.45, 2.75) is 26.2 Å². The van der Waals surface area contributed by atoms with Crippen LogP contribution < -0.4 is 0 Å². The molecule has 1 aromatic heterocycles. The minimum absolute atomic E-state index is 0.143. The highest BCUT2D eigenvalue weighted by molar-refractivity contribution is 9.10. The van der Waals surface area contributed by atoms with Crippen molar-refractivity contribution in [1.82, 2.24) is 4.98 Å². The number of hydrogen-bond acceptors (Lipinski definition) is 7. The van der Waals surface area contributed by atoms with Crippen molar-refractivity contribution >= 4 is 33.7 Å². The smallest absolute Gasteiger partial charge is 0.373 e. The van der Waals surface area contributed by atoms with Crippen molar-refractivity contribution in [3.05, 3.63) is 32.5 Å². The number of carbonyl (C=O) groups excluding carboxylic acids is 3. The lowest BCUT2D eigenvalue weighted by Gasteiger charge is -2.13. The Kier molecular flexibility index (Phi) is 8.75. The van der Waals surface area contributed by atoms with Gasteiger partial charge >= 0.3 is 12.1 Å². The van der Waals surface area contributed by atoms with Crippen molar-refractivity contribution in [3.8, 4) is 0 Å². The fourth-order valence-electron chi connectivity index (χ4n) is 1.57. The second-order valence-corrected chi connectivity index (χ2v) is 4.53. The molecule has 114 valence electrons. The number of aromatic nitrogens is 1. The van der Waals surface area contributed by atoms with Gasteiger partial charge in [-0.1, -0.05) is 6.92 Å². The maximum Gasteiger partial charge on any atom is 0.373 e. The second kappa shape index (κ2) is 9.73. The lowest BCUT2D eigenvalue weighted by atomic mass is 10.0. The zero-order valence-corrected chi connectivity index (χ0v) is 13.0. The molecule has 21 heavy (non-hydrogen) atoms. The van der Waals surface area contributed by atoms with E-state index >= 15 is 0 Å². The Morgan fingerprint density at radius 2 is 2.10 bits per heavy atom. The van der Waals surface area contributed by atoms with Crippen LogP contribution in [0.15, 0.2) is 16.7 Å². The predicted molar refractivity (Wildman–Crippen MR) is 73.3 cm³/mol. The Morgan fingerprint density at radius 3 is 2.52 bits per heavy atom. The van der Waals surface area contributed by atoms with E-state index in [1.165, 1.54) is 12.3 Å². The van der Waals surface area contributed by atoms with Gasteiger partial charge in [-0.25, -0.2) is 0 Å². The van der Waals surface area contributed by atoms with Gasteiger partial charge in [-0.15, -0.1) is 0 Å². The van der Waals surface area contributed by atoms with E-state index in [1.807, 2.05) is 0 Å². The Hall–Kier alpha value is -2.12. The summed E-state index contributed by atoms with van der Waals surface area (Å²) in [5.74, 6) is -1.20. The summed E-state index contributed by atoms with van der Waals surface area (Å²) in [4.78, 5) is 42.4. The first kappa shape index (κ1) is 18.9. The van der Waals surface area contributed by atoms with E-state index in [9.17, 15) is 14.9 Å². The van der Waals surface area contributed by atoms with E-state index in [4.69, 9.17) is 14.3 Å². The van der Waals surface area contributed by atoms with Crippen LogP contribution in [0.1, 0.15) is 31.9 Å². The molecule has 0 bridgehead atoms. The van der Waals surface area contributed by atoms with E-state index in [0.717, 1.165) is 0 Å². The number of ether oxygens (including phenoxy) is 1. The zero-order valence-electron chi connectivity index (χ0n) is 11.4. The SMILES string of the molecule is CCOC(=O)C(CC)c1ncc(Br)cc1[N+](=O)[O-].O=C=O. The van der Waals surface area contributed by atoms with Crippen LogP contribution in [0.25, 0.3) is 0 Å². The molecule has 0 radical (unpaired) electrons. The molecule has 0 amide bonds. The molecule has 1 heterocycles. The third-order valence-corrected chi connectivity index (χ3v) is 2.80. The summed E-state index contributed by atoms with van der Waals surface area (Å²) >= 11 is 3.12. The van der Waals surface area contributed by atoms with Crippen LogP contribution in [0, 0.1) is 10.1 Å². The van der Waals surface area contributed by atoms with Crippen LogP contribution in [0.2, 0.25) is 0 Å². The topological polar surface area (TPSA) is 116 Å². The minimum atomic E-state index is -0.710. The number of nitrogens with zero attached hydrogens (tertiary/aromatic N) is 2. The Labute approximate surface area is 128 Å². The van der Waals surface area contributed by atoms with Crippen molar-refractivity contribution in [2.75, 3.05) is 6.61 Å². The van der Waals surface area contributed by atoms with Gasteiger partial charge < -0.3 is 4.74 Å². The van der Waals surface area contributed by atoms with E-state index < -0.39 is 16.8 Å². The predicted octanol–water partition coefficient (Wildman–Crippen LogP) is 2.23. The molecule has 0 aliphatic heterocycles. The fourth-order valence-corrected chi connectivity index (χ4v) is 1.89. The van der Waals surface area contributed by atoms with Gasteiger partial charge in [0.15, 0.2) is 0 Å². The average molecular weight is 361 g/mol. The standard InChI is InChI=1S/C11H13BrN2O4.CO2/c1-3-8(11(15)18-4-2)10-9(14(16)17)5-7(12)6-13-10;2-1-3/h5-6,8H,3-4H2,1-2H3;. The molecule has 1 unspecified atom stereocenters. The fraction of sp³-hybridized carbons (Fsp3) is 0.417. The van der Waals surface area contributed by atoms with Gasteiger partial charge in [-0.2, -0.15) is 9.59 Å². The first-order valence-corrected chi connectivity index (χ1v) is 6.67. The molecular formula is C12H13BrN2O6. The molecule has 1 atom stereocenters. The number of carbonyl (C=O) groups is 1. The van der Waals surface area contributed by atoms with Crippen LogP contribution >= 0.6 is 15.9 Å². The van der Waals surface area contributed by atoms with E-state index in [0.29, 0.717) is 10.9 Å². The molecule has 0 fully saturated rings. The van der Waals surface area contributed by atoms with E-state index in [2.05, 4.69) is 20.9 Å². The largest absolute Gasteiger partial charge is 0.465 e. The Bertz CT molecular complexity index is 543. The lowest BCUT2D eigenvalue weighted by Crippen LogP contribution is -2.17. The molecule has 1 rings (SSSR count). The van der Waals surface area contributed by atoms with Crippen LogP contribution in [-0.2, 0) is 19.1 Å². The van der Waals surface area contributed by atoms with Crippen molar-refractivity contribution in [2.24, 2.45) is 0 Å². The van der Waals surface area contributed by atoms with Crippen molar-refractivity contribution in [3.63, 3.8) is 0 Å². The Balaban J connectivity index is 0.00000122. The van der Waals surface area contributed by atoms with Gasteiger partial charge in [0, 0.05) is 16.7 Å². The molecule has 0 aliphatic rings. The van der Waals surface area contributed by atoms with Crippen molar-refractivity contribution < 1.29 is 24.0 Å². The summed E-state index contributed by atoms with van der Waals surface area (Å²) in [6.07, 6.45) is 2.08. The normalized spacial score (nSPS) is 10.6. The van der Waals surface area contributed by atoms with Crippen LogP contribution in [0.4, 0.5) is 5.69 Å². The van der Waals surface area contributed by atoms with E-state index in [1.54, 1.807) is 13.8 Å². The molecule has 0 N–H and O–H groups in total. The molecule has 0 saturated carbocycles. The summed E-state index contributed by atoms with van der Waals surface area (Å²) in [6, 6.07) is 1.34. The summed E-state index contributed by atoms with van der Waals surface area (Å²) < 4.78 is 5.40. The molecule has 0 saturated heterocycles. The summed E-state index contributed by atoms with van der Waals surface area (Å²) in [7, 11) is 0. The second-order valence-electron chi connectivity index (χ2n) is 3.61. The van der Waals surface area contributed by atoms with Crippen LogP contribution in [0.5, 0.6) is 0 Å². The number of rotatable bonds is 5. The molecule has 8 nitrogen and oxygen atoms in total. The maximum atomic E-state index is 11.7. The highest BCUT2D eigenvalue weighted by Gasteiger charge is 2.29. The van der Waals surface area contributed by atoms with Crippen molar-refractivity contribution in [1.29, 1.82) is 0 Å². The quantitative estimate of drug-likeness (QED) is 0.448. The van der Waals surface area contributed by atoms with Gasteiger partial charge in [-0.05, 0) is 29.3 Å². The first-order valence-electron chi connectivity index (χ1n) is 5.88. The maximum absolute atomic E-state index is 11.7. The summed E-state index contributed by atoms with van der Waals surface area (Å²) in [5, 5.41) is 11.0. The first-order chi connectivity index (χ1) is 9.92.